The minimum absolute atomic E-state index is 0.326. The number of rotatable bonds is 2. The molecule has 0 N–H and O–H groups in total. The molecule has 6 heteroatoms. The standard InChI is InChI=1S/C9H9N4O.3CH3.Sn/c1-4-14-6-7(1)13-9-8(5-12-13)10-2-3-11-9;;;;/h2-3,7H,1,4,6H2;3*1H3;. The summed E-state index contributed by atoms with van der Waals surface area (Å²) in [6.07, 6.45) is 4.53. The molecule has 18 heavy (non-hydrogen) atoms. The number of aromatic nitrogens is 4. The first-order valence-corrected chi connectivity index (χ1v) is 16.3. The Morgan fingerprint density at radius 3 is 2.72 bits per heavy atom. The van der Waals surface area contributed by atoms with E-state index in [1.807, 2.05) is 4.68 Å². The molecule has 3 heterocycles. The van der Waals surface area contributed by atoms with Crippen LogP contribution in [0, 0.1) is 0 Å². The molecule has 1 fully saturated rings. The first-order chi connectivity index (χ1) is 8.57. The maximum atomic E-state index is 5.46. The number of hydrogen-bond donors (Lipinski definition) is 0. The Kier molecular flexibility index (Phi) is 3.05. The van der Waals surface area contributed by atoms with Crippen LogP contribution in [-0.2, 0) is 4.74 Å². The van der Waals surface area contributed by atoms with Gasteiger partial charge in [-0.3, -0.25) is 0 Å². The average molecular weight is 353 g/mol. The summed E-state index contributed by atoms with van der Waals surface area (Å²) in [5, 5.41) is 4.85. The van der Waals surface area contributed by atoms with E-state index in [9.17, 15) is 0 Å². The zero-order valence-corrected chi connectivity index (χ0v) is 13.9. The van der Waals surface area contributed by atoms with Crippen molar-refractivity contribution >= 4 is 33.3 Å². The predicted octanol–water partition coefficient (Wildman–Crippen LogP) is 1.33. The Morgan fingerprint density at radius 1 is 1.28 bits per heavy atom. The normalized spacial score (nSPS) is 20.7. The summed E-state index contributed by atoms with van der Waals surface area (Å²) in [7, 11) is 0. The Bertz CT molecular complexity index is 569. The molecule has 2 aromatic rings. The van der Waals surface area contributed by atoms with E-state index in [2.05, 4.69) is 24.8 Å². The fraction of sp³-hybridized carbons (Fsp3) is 0.583. The first kappa shape index (κ1) is 12.3. The van der Waals surface area contributed by atoms with Gasteiger partial charge in [-0.15, -0.1) is 0 Å². The molecule has 0 spiro atoms. The van der Waals surface area contributed by atoms with Crippen LogP contribution < -0.4 is 3.71 Å². The van der Waals surface area contributed by atoms with Crippen molar-refractivity contribution in [3.05, 3.63) is 12.4 Å². The van der Waals surface area contributed by atoms with Crippen LogP contribution >= 0.6 is 0 Å². The second-order valence-corrected chi connectivity index (χ2v) is 20.0. The number of nitrogens with zero attached hydrogens (tertiary/aromatic N) is 4. The zero-order chi connectivity index (χ0) is 12.8. The first-order valence-electron chi connectivity index (χ1n) is 6.35. The van der Waals surface area contributed by atoms with E-state index in [1.165, 1.54) is 3.71 Å². The van der Waals surface area contributed by atoms with Gasteiger partial charge in [0.15, 0.2) is 0 Å². The monoisotopic (exact) mass is 354 g/mol. The van der Waals surface area contributed by atoms with Crippen molar-refractivity contribution < 1.29 is 4.74 Å². The minimum atomic E-state index is -2.26. The van der Waals surface area contributed by atoms with Gasteiger partial charge in [0.1, 0.15) is 0 Å². The van der Waals surface area contributed by atoms with Crippen molar-refractivity contribution in [2.45, 2.75) is 27.3 Å². The fourth-order valence-electron chi connectivity index (χ4n) is 2.34. The third-order valence-electron chi connectivity index (χ3n) is 3.29. The van der Waals surface area contributed by atoms with Gasteiger partial charge in [-0.2, -0.15) is 0 Å². The molecule has 1 saturated heterocycles. The summed E-state index contributed by atoms with van der Waals surface area (Å²) in [6.45, 7) is 1.56. The molecule has 3 rings (SSSR count). The van der Waals surface area contributed by atoms with Crippen molar-refractivity contribution in [3.8, 4) is 0 Å². The molecule has 0 radical (unpaired) electrons. The van der Waals surface area contributed by atoms with E-state index in [1.54, 1.807) is 12.4 Å². The molecule has 1 atom stereocenters. The van der Waals surface area contributed by atoms with Crippen LogP contribution in [0.3, 0.4) is 0 Å². The van der Waals surface area contributed by atoms with Gasteiger partial charge in [0.05, 0.1) is 0 Å². The number of ether oxygens (including phenoxy) is 1. The molecular formula is C12H18N4OSn. The van der Waals surface area contributed by atoms with Crippen LogP contribution in [0.25, 0.3) is 11.2 Å². The molecule has 1 unspecified atom stereocenters. The van der Waals surface area contributed by atoms with Gasteiger partial charge in [-0.1, -0.05) is 0 Å². The van der Waals surface area contributed by atoms with Gasteiger partial charge in [0.25, 0.3) is 0 Å². The van der Waals surface area contributed by atoms with E-state index >= 15 is 0 Å². The van der Waals surface area contributed by atoms with Gasteiger partial charge >= 0.3 is 111 Å². The third kappa shape index (κ3) is 2.03. The van der Waals surface area contributed by atoms with Crippen LogP contribution in [0.15, 0.2) is 12.4 Å². The summed E-state index contributed by atoms with van der Waals surface area (Å²) in [6, 6.07) is 0.326. The van der Waals surface area contributed by atoms with Gasteiger partial charge < -0.3 is 0 Å². The zero-order valence-electron chi connectivity index (χ0n) is 11.1. The quantitative estimate of drug-likeness (QED) is 0.765. The number of hydrogen-bond acceptors (Lipinski definition) is 4. The molecule has 0 bridgehead atoms. The molecule has 2 aromatic heterocycles. The Balaban J connectivity index is 2.20. The number of fused-ring (bicyclic) bond motifs is 1. The maximum absolute atomic E-state index is 5.46. The Hall–Kier alpha value is -0.691. The molecule has 1 aliphatic rings. The molecule has 0 aliphatic carbocycles. The molecule has 1 aliphatic heterocycles. The van der Waals surface area contributed by atoms with E-state index < -0.39 is 18.4 Å². The summed E-state index contributed by atoms with van der Waals surface area (Å²) in [4.78, 5) is 16.1. The topological polar surface area (TPSA) is 52.8 Å². The molecule has 96 valence electrons. The van der Waals surface area contributed by atoms with E-state index in [-0.39, 0.29) is 0 Å². The van der Waals surface area contributed by atoms with Gasteiger partial charge in [0, 0.05) is 0 Å². The van der Waals surface area contributed by atoms with Crippen LogP contribution in [0.2, 0.25) is 14.8 Å². The van der Waals surface area contributed by atoms with Gasteiger partial charge in [-0.05, 0) is 0 Å². The molecular weight excluding hydrogens is 335 g/mol. The van der Waals surface area contributed by atoms with E-state index in [4.69, 9.17) is 9.84 Å². The second-order valence-electron chi connectivity index (χ2n) is 5.79. The molecule has 0 saturated carbocycles. The van der Waals surface area contributed by atoms with Gasteiger partial charge in [0.2, 0.25) is 0 Å². The summed E-state index contributed by atoms with van der Waals surface area (Å²) >= 11 is -2.26. The van der Waals surface area contributed by atoms with Gasteiger partial charge in [-0.25, -0.2) is 0 Å². The SMILES string of the molecule is [CH3][Sn]([CH3])([CH3])[c]1nn(C2CCOC2)c2nccnc12. The van der Waals surface area contributed by atoms with Crippen LogP contribution in [0.4, 0.5) is 0 Å². The van der Waals surface area contributed by atoms with Crippen LogP contribution in [-0.4, -0.2) is 51.3 Å². The van der Waals surface area contributed by atoms with Crippen LogP contribution in [0.1, 0.15) is 12.5 Å². The second kappa shape index (κ2) is 4.45. The molecule has 0 aromatic carbocycles. The van der Waals surface area contributed by atoms with Crippen molar-refractivity contribution in [2.75, 3.05) is 13.2 Å². The summed E-state index contributed by atoms with van der Waals surface area (Å²) in [5.41, 5.74) is 1.93. The predicted molar refractivity (Wildman–Crippen MR) is 72.8 cm³/mol. The van der Waals surface area contributed by atoms with Crippen molar-refractivity contribution in [1.82, 2.24) is 19.7 Å². The van der Waals surface area contributed by atoms with Crippen molar-refractivity contribution in [3.63, 3.8) is 0 Å². The van der Waals surface area contributed by atoms with E-state index in [0.29, 0.717) is 6.04 Å². The Morgan fingerprint density at radius 2 is 2.06 bits per heavy atom. The fourth-order valence-corrected chi connectivity index (χ4v) is 6.04. The Labute approximate surface area is 110 Å². The summed E-state index contributed by atoms with van der Waals surface area (Å²) < 4.78 is 8.73. The van der Waals surface area contributed by atoms with Crippen molar-refractivity contribution in [1.29, 1.82) is 0 Å². The summed E-state index contributed by atoms with van der Waals surface area (Å²) in [5.74, 6) is 0. The third-order valence-corrected chi connectivity index (χ3v) is 8.31. The molecule has 0 amide bonds. The van der Waals surface area contributed by atoms with Crippen LogP contribution in [0.5, 0.6) is 0 Å². The van der Waals surface area contributed by atoms with E-state index in [0.717, 1.165) is 30.8 Å². The van der Waals surface area contributed by atoms with Crippen molar-refractivity contribution in [2.24, 2.45) is 0 Å². The molecule has 5 nitrogen and oxygen atoms in total. The average Bonchev–Trinajstić information content (AvgIpc) is 2.94.